The Morgan fingerprint density at radius 1 is 1.18 bits per heavy atom. The third-order valence-electron chi connectivity index (χ3n) is 1.77. The van der Waals surface area contributed by atoms with Crippen LogP contribution in [0.25, 0.3) is 0 Å². The van der Waals surface area contributed by atoms with Gasteiger partial charge in [0.2, 0.25) is 0 Å². The molecule has 11 heavy (non-hydrogen) atoms. The Labute approximate surface area is 69.4 Å². The smallest absolute Gasteiger partial charge is 0.183 e. The van der Waals surface area contributed by atoms with E-state index in [0.717, 1.165) is 0 Å². The van der Waals surface area contributed by atoms with E-state index in [4.69, 9.17) is 31.7 Å². The Morgan fingerprint density at radius 3 is 2.27 bits per heavy atom. The van der Waals surface area contributed by atoms with Crippen molar-refractivity contribution in [3.8, 4) is 0 Å². The summed E-state index contributed by atoms with van der Waals surface area (Å²) in [6.07, 6.45) is -4.23. The fraction of sp³-hybridized carbons (Fsp3) is 1.00. The molecule has 0 aromatic heterocycles. The number of aliphatic hydroxyl groups excluding tert-OH is 3. The lowest BCUT2D eigenvalue weighted by molar-refractivity contribution is -0.240. The van der Waals surface area contributed by atoms with Crippen molar-refractivity contribution in [1.82, 2.24) is 0 Å². The standard InChI is InChI=1S/C6H11ClO4/c1-2-3(7)4(8)5(9)6(10)11-2/h2-6,8-10H,1H3. The maximum Gasteiger partial charge on any atom is 0.183 e. The maximum atomic E-state index is 9.17. The van der Waals surface area contributed by atoms with Crippen molar-refractivity contribution < 1.29 is 20.1 Å². The largest absolute Gasteiger partial charge is 0.389 e. The molecule has 0 amide bonds. The Morgan fingerprint density at radius 2 is 1.73 bits per heavy atom. The topological polar surface area (TPSA) is 69.9 Å². The van der Waals surface area contributed by atoms with Crippen LogP contribution in [0.4, 0.5) is 0 Å². The lowest BCUT2D eigenvalue weighted by atomic mass is 10.0. The number of aliphatic hydroxyl groups is 3. The molecule has 5 heteroatoms. The highest BCUT2D eigenvalue weighted by Gasteiger charge is 2.40. The van der Waals surface area contributed by atoms with Crippen molar-refractivity contribution >= 4 is 11.6 Å². The van der Waals surface area contributed by atoms with Crippen molar-refractivity contribution in [3.05, 3.63) is 0 Å². The Kier molecular flexibility index (Phi) is 2.72. The number of alkyl halides is 1. The van der Waals surface area contributed by atoms with Gasteiger partial charge in [-0.25, -0.2) is 0 Å². The summed E-state index contributed by atoms with van der Waals surface area (Å²) >= 11 is 5.63. The van der Waals surface area contributed by atoms with Gasteiger partial charge in [0, 0.05) is 0 Å². The number of hydrogen-bond donors (Lipinski definition) is 3. The number of halogens is 1. The van der Waals surface area contributed by atoms with E-state index in [2.05, 4.69) is 0 Å². The van der Waals surface area contributed by atoms with Gasteiger partial charge in [-0.3, -0.25) is 0 Å². The zero-order valence-electron chi connectivity index (χ0n) is 6.01. The van der Waals surface area contributed by atoms with Crippen LogP contribution in [0.5, 0.6) is 0 Å². The van der Waals surface area contributed by atoms with Gasteiger partial charge in [-0.2, -0.15) is 0 Å². The van der Waals surface area contributed by atoms with Crippen molar-refractivity contribution in [2.45, 2.75) is 36.9 Å². The third-order valence-corrected chi connectivity index (χ3v) is 2.38. The summed E-state index contributed by atoms with van der Waals surface area (Å²) < 4.78 is 4.79. The highest BCUT2D eigenvalue weighted by Crippen LogP contribution is 2.23. The molecule has 66 valence electrons. The predicted octanol–water partition coefficient (Wildman–Crippen LogP) is -0.947. The van der Waals surface area contributed by atoms with Crippen LogP contribution in [0, 0.1) is 0 Å². The second-order valence-corrected chi connectivity index (χ2v) is 3.16. The predicted molar refractivity (Wildman–Crippen MR) is 38.2 cm³/mol. The normalized spacial score (nSPS) is 52.6. The first-order valence-electron chi connectivity index (χ1n) is 3.37. The lowest BCUT2D eigenvalue weighted by Gasteiger charge is -2.36. The van der Waals surface area contributed by atoms with Crippen molar-refractivity contribution in [2.75, 3.05) is 0 Å². The van der Waals surface area contributed by atoms with Gasteiger partial charge in [0.1, 0.15) is 12.2 Å². The minimum atomic E-state index is -1.34. The van der Waals surface area contributed by atoms with Gasteiger partial charge in [-0.05, 0) is 6.92 Å². The zero-order chi connectivity index (χ0) is 8.59. The summed E-state index contributed by atoms with van der Waals surface area (Å²) in [5.74, 6) is 0. The average Bonchev–Trinajstić information content (AvgIpc) is 1.97. The van der Waals surface area contributed by atoms with Gasteiger partial charge < -0.3 is 20.1 Å². The zero-order valence-corrected chi connectivity index (χ0v) is 6.77. The molecule has 1 aliphatic rings. The van der Waals surface area contributed by atoms with E-state index >= 15 is 0 Å². The molecule has 5 unspecified atom stereocenters. The van der Waals surface area contributed by atoms with Crippen LogP contribution in [0.15, 0.2) is 0 Å². The fourth-order valence-corrected chi connectivity index (χ4v) is 1.22. The SMILES string of the molecule is CC1OC(O)C(O)C(O)C1Cl. The second kappa shape index (κ2) is 3.25. The van der Waals surface area contributed by atoms with Gasteiger partial charge in [-0.15, -0.1) is 11.6 Å². The van der Waals surface area contributed by atoms with Gasteiger partial charge in [-0.1, -0.05) is 0 Å². The van der Waals surface area contributed by atoms with Gasteiger partial charge in [0.25, 0.3) is 0 Å². The Balaban J connectivity index is 2.63. The van der Waals surface area contributed by atoms with E-state index in [1.165, 1.54) is 0 Å². The van der Waals surface area contributed by atoms with Crippen LogP contribution in [-0.4, -0.2) is 45.3 Å². The van der Waals surface area contributed by atoms with E-state index in [1.54, 1.807) is 6.92 Å². The first-order valence-corrected chi connectivity index (χ1v) is 3.81. The average molecular weight is 183 g/mol. The summed E-state index contributed by atoms with van der Waals surface area (Å²) in [4.78, 5) is 0. The highest BCUT2D eigenvalue weighted by atomic mass is 35.5. The molecule has 0 bridgehead atoms. The Hall–Kier alpha value is 0.130. The van der Waals surface area contributed by atoms with Gasteiger partial charge >= 0.3 is 0 Å². The van der Waals surface area contributed by atoms with E-state index in [1.807, 2.05) is 0 Å². The molecule has 3 N–H and O–H groups in total. The lowest BCUT2D eigenvalue weighted by Crippen LogP contribution is -2.54. The minimum Gasteiger partial charge on any atom is -0.389 e. The summed E-state index contributed by atoms with van der Waals surface area (Å²) in [6.45, 7) is 1.62. The molecule has 0 radical (unpaired) electrons. The van der Waals surface area contributed by atoms with Crippen LogP contribution in [0.2, 0.25) is 0 Å². The molecule has 1 aliphatic heterocycles. The summed E-state index contributed by atoms with van der Waals surface area (Å²) in [7, 11) is 0. The number of ether oxygens (including phenoxy) is 1. The van der Waals surface area contributed by atoms with E-state index < -0.39 is 30.0 Å². The number of rotatable bonds is 0. The summed E-state index contributed by atoms with van der Waals surface area (Å²) in [5.41, 5.74) is 0. The molecule has 5 atom stereocenters. The third kappa shape index (κ3) is 1.65. The van der Waals surface area contributed by atoms with Crippen molar-refractivity contribution in [2.24, 2.45) is 0 Å². The molecule has 4 nitrogen and oxygen atoms in total. The summed E-state index contributed by atoms with van der Waals surface area (Å²) in [5, 5.41) is 26.5. The van der Waals surface area contributed by atoms with E-state index in [9.17, 15) is 0 Å². The minimum absolute atomic E-state index is 0.454. The van der Waals surface area contributed by atoms with Crippen molar-refractivity contribution in [1.29, 1.82) is 0 Å². The van der Waals surface area contributed by atoms with Gasteiger partial charge in [0.05, 0.1) is 11.5 Å². The van der Waals surface area contributed by atoms with Crippen LogP contribution < -0.4 is 0 Å². The first-order chi connectivity index (χ1) is 5.04. The Bertz CT molecular complexity index is 129. The monoisotopic (exact) mass is 182 g/mol. The van der Waals surface area contributed by atoms with Crippen LogP contribution in [0.1, 0.15) is 6.92 Å². The molecule has 1 rings (SSSR count). The quantitative estimate of drug-likeness (QED) is 0.423. The molecule has 1 fully saturated rings. The number of hydrogen-bond acceptors (Lipinski definition) is 4. The molecule has 1 heterocycles. The highest BCUT2D eigenvalue weighted by molar-refractivity contribution is 6.21. The fourth-order valence-electron chi connectivity index (χ4n) is 1.01. The molecular weight excluding hydrogens is 172 g/mol. The first kappa shape index (κ1) is 9.22. The molecule has 0 aromatic rings. The molecule has 1 saturated heterocycles. The van der Waals surface area contributed by atoms with Crippen LogP contribution in [0.3, 0.4) is 0 Å². The van der Waals surface area contributed by atoms with Crippen LogP contribution in [-0.2, 0) is 4.74 Å². The van der Waals surface area contributed by atoms with E-state index in [0.29, 0.717) is 0 Å². The van der Waals surface area contributed by atoms with Crippen molar-refractivity contribution in [3.63, 3.8) is 0 Å². The molecule has 0 aliphatic carbocycles. The maximum absolute atomic E-state index is 9.17. The van der Waals surface area contributed by atoms with Crippen LogP contribution >= 0.6 is 11.6 Å². The molecule has 0 saturated carbocycles. The molecule has 0 aromatic carbocycles. The molecule has 0 spiro atoms. The summed E-state index contributed by atoms with van der Waals surface area (Å²) in [6, 6.07) is 0. The van der Waals surface area contributed by atoms with E-state index in [-0.39, 0.29) is 0 Å². The van der Waals surface area contributed by atoms with Gasteiger partial charge in [0.15, 0.2) is 6.29 Å². The molecular formula is C6H11ClO4. The second-order valence-electron chi connectivity index (χ2n) is 2.66.